The molecule has 0 aliphatic carbocycles. The van der Waals surface area contributed by atoms with Gasteiger partial charge in [0.2, 0.25) is 0 Å². The van der Waals surface area contributed by atoms with E-state index in [-0.39, 0.29) is 0 Å². The number of aryl methyl sites for hydroxylation is 2. The minimum atomic E-state index is 1.05. The monoisotopic (exact) mass is 308 g/mol. The fraction of sp³-hybridized carbons (Fsp3) is 0.455. The lowest BCUT2D eigenvalue weighted by molar-refractivity contribution is 0.561. The van der Waals surface area contributed by atoms with Crippen LogP contribution in [0.4, 0.5) is 0 Å². The Morgan fingerprint density at radius 3 is 1.35 bits per heavy atom. The van der Waals surface area contributed by atoms with Crippen LogP contribution < -0.4 is 5.32 Å². The van der Waals surface area contributed by atoms with E-state index in [9.17, 15) is 0 Å². The molecular weight excluding hydrogens is 278 g/mol. The van der Waals surface area contributed by atoms with E-state index in [1.807, 2.05) is 0 Å². The van der Waals surface area contributed by atoms with Gasteiger partial charge in [-0.1, -0.05) is 73.5 Å². The molecule has 2 aromatic carbocycles. The van der Waals surface area contributed by atoms with Crippen LogP contribution in [-0.4, -0.2) is 13.1 Å². The van der Waals surface area contributed by atoms with Gasteiger partial charge in [-0.3, -0.25) is 0 Å². The SMILES string of the molecule is c1ccc(CCCCC[N]CCCCCc2ccccc2)cc1. The summed E-state index contributed by atoms with van der Waals surface area (Å²) >= 11 is 0. The molecule has 0 saturated carbocycles. The Bertz CT molecular complexity index is 444. The number of unbranched alkanes of at least 4 members (excludes halogenated alkanes) is 4. The number of nitrogens with zero attached hydrogens (tertiary/aromatic N) is 1. The highest BCUT2D eigenvalue weighted by Crippen LogP contribution is 2.07. The zero-order valence-corrected chi connectivity index (χ0v) is 14.3. The Hall–Kier alpha value is -1.60. The molecule has 1 nitrogen and oxygen atoms in total. The Balaban J connectivity index is 1.34. The predicted molar refractivity (Wildman–Crippen MR) is 99.9 cm³/mol. The van der Waals surface area contributed by atoms with Crippen LogP contribution >= 0.6 is 0 Å². The average molecular weight is 308 g/mol. The molecule has 1 radical (unpaired) electrons. The predicted octanol–water partition coefficient (Wildman–Crippen LogP) is 5.42. The maximum Gasteiger partial charge on any atom is 0.0133 e. The van der Waals surface area contributed by atoms with Gasteiger partial charge < -0.3 is 0 Å². The molecule has 0 aliphatic heterocycles. The molecule has 0 amide bonds. The van der Waals surface area contributed by atoms with Gasteiger partial charge in [0.15, 0.2) is 0 Å². The highest BCUT2D eigenvalue weighted by molar-refractivity contribution is 5.15. The largest absolute Gasteiger partial charge is 0.242 e. The van der Waals surface area contributed by atoms with Crippen molar-refractivity contribution in [3.8, 4) is 0 Å². The molecule has 123 valence electrons. The fourth-order valence-electron chi connectivity index (χ4n) is 2.86. The van der Waals surface area contributed by atoms with Gasteiger partial charge in [-0.05, 0) is 49.7 Å². The maximum atomic E-state index is 4.66. The Labute approximate surface area is 142 Å². The van der Waals surface area contributed by atoms with Crippen LogP contribution in [0.25, 0.3) is 0 Å². The van der Waals surface area contributed by atoms with E-state index in [0.29, 0.717) is 0 Å². The van der Waals surface area contributed by atoms with Gasteiger partial charge in [0.05, 0.1) is 0 Å². The molecule has 0 aromatic heterocycles. The smallest absolute Gasteiger partial charge is 0.0133 e. The third kappa shape index (κ3) is 8.56. The van der Waals surface area contributed by atoms with Crippen molar-refractivity contribution in [2.24, 2.45) is 0 Å². The maximum absolute atomic E-state index is 4.66. The van der Waals surface area contributed by atoms with E-state index in [2.05, 4.69) is 66.0 Å². The van der Waals surface area contributed by atoms with Crippen molar-refractivity contribution in [1.29, 1.82) is 0 Å². The molecule has 23 heavy (non-hydrogen) atoms. The normalized spacial score (nSPS) is 10.8. The van der Waals surface area contributed by atoms with E-state index in [1.54, 1.807) is 0 Å². The van der Waals surface area contributed by atoms with Crippen LogP contribution in [0.5, 0.6) is 0 Å². The summed E-state index contributed by atoms with van der Waals surface area (Å²) in [5.41, 5.74) is 2.92. The second-order valence-electron chi connectivity index (χ2n) is 6.26. The van der Waals surface area contributed by atoms with Gasteiger partial charge in [0.25, 0.3) is 0 Å². The summed E-state index contributed by atoms with van der Waals surface area (Å²) in [6, 6.07) is 21.6. The molecule has 0 atom stereocenters. The first-order valence-electron chi connectivity index (χ1n) is 9.16. The Kier molecular flexibility index (Phi) is 9.18. The quantitative estimate of drug-likeness (QED) is 0.465. The highest BCUT2D eigenvalue weighted by atomic mass is 14.8. The first-order chi connectivity index (χ1) is 11.4. The summed E-state index contributed by atoms with van der Waals surface area (Å²) in [6.45, 7) is 2.10. The zero-order valence-electron chi connectivity index (χ0n) is 14.3. The zero-order chi connectivity index (χ0) is 16.0. The fourth-order valence-corrected chi connectivity index (χ4v) is 2.86. The summed E-state index contributed by atoms with van der Waals surface area (Å²) in [5, 5.41) is 4.66. The summed E-state index contributed by atoms with van der Waals surface area (Å²) in [4.78, 5) is 0. The van der Waals surface area contributed by atoms with Gasteiger partial charge in [-0.15, -0.1) is 0 Å². The third-order valence-corrected chi connectivity index (χ3v) is 4.25. The van der Waals surface area contributed by atoms with E-state index in [4.69, 9.17) is 0 Å². The molecule has 0 unspecified atom stereocenters. The summed E-state index contributed by atoms with van der Waals surface area (Å²) in [7, 11) is 0. The van der Waals surface area contributed by atoms with Crippen molar-refractivity contribution in [3.05, 3.63) is 71.8 Å². The molecule has 2 aromatic rings. The van der Waals surface area contributed by atoms with Crippen LogP contribution in [0.2, 0.25) is 0 Å². The van der Waals surface area contributed by atoms with Gasteiger partial charge in [-0.2, -0.15) is 0 Å². The topological polar surface area (TPSA) is 14.1 Å². The lowest BCUT2D eigenvalue weighted by Gasteiger charge is -2.04. The van der Waals surface area contributed by atoms with E-state index in [0.717, 1.165) is 13.1 Å². The van der Waals surface area contributed by atoms with Crippen molar-refractivity contribution < 1.29 is 0 Å². The average Bonchev–Trinajstić information content (AvgIpc) is 2.61. The number of hydrogen-bond donors (Lipinski definition) is 0. The molecule has 1 heteroatoms. The summed E-state index contributed by atoms with van der Waals surface area (Å²) < 4.78 is 0. The van der Waals surface area contributed by atoms with E-state index >= 15 is 0 Å². The minimum Gasteiger partial charge on any atom is -0.242 e. The first kappa shape index (κ1) is 17.7. The van der Waals surface area contributed by atoms with Crippen LogP contribution in [0.3, 0.4) is 0 Å². The summed E-state index contributed by atoms with van der Waals surface area (Å²) in [5.74, 6) is 0. The van der Waals surface area contributed by atoms with Gasteiger partial charge in [-0.25, -0.2) is 5.32 Å². The number of rotatable bonds is 12. The van der Waals surface area contributed by atoms with Crippen LogP contribution in [0.15, 0.2) is 60.7 Å². The second kappa shape index (κ2) is 11.9. The molecule has 0 aliphatic rings. The highest BCUT2D eigenvalue weighted by Gasteiger charge is 1.95. The van der Waals surface area contributed by atoms with E-state index in [1.165, 1.54) is 62.5 Å². The first-order valence-corrected chi connectivity index (χ1v) is 9.16. The lowest BCUT2D eigenvalue weighted by Crippen LogP contribution is -2.08. The van der Waals surface area contributed by atoms with Crippen LogP contribution in [0.1, 0.15) is 49.7 Å². The molecule has 0 N–H and O–H groups in total. The molecule has 0 fully saturated rings. The van der Waals surface area contributed by atoms with Crippen molar-refractivity contribution >= 4 is 0 Å². The molecule has 0 bridgehead atoms. The van der Waals surface area contributed by atoms with Crippen molar-refractivity contribution in [2.75, 3.05) is 13.1 Å². The molecule has 2 rings (SSSR count). The second-order valence-corrected chi connectivity index (χ2v) is 6.26. The summed E-state index contributed by atoms with van der Waals surface area (Å²) in [6.07, 6.45) is 10.1. The molecule has 0 heterocycles. The standard InChI is InChI=1S/C22H30N/c1-5-13-21(14-6-1)17-9-3-11-19-23-20-12-4-10-18-22-15-7-2-8-16-22/h1-2,5-8,13-16H,3-4,9-12,17-20H2. The van der Waals surface area contributed by atoms with Gasteiger partial charge in [0, 0.05) is 13.1 Å². The minimum absolute atomic E-state index is 1.05. The third-order valence-electron chi connectivity index (χ3n) is 4.25. The molecule has 0 spiro atoms. The lowest BCUT2D eigenvalue weighted by atomic mass is 10.1. The van der Waals surface area contributed by atoms with Crippen LogP contribution in [-0.2, 0) is 12.8 Å². The Morgan fingerprint density at radius 1 is 0.478 bits per heavy atom. The van der Waals surface area contributed by atoms with E-state index < -0.39 is 0 Å². The van der Waals surface area contributed by atoms with Crippen LogP contribution in [0, 0.1) is 0 Å². The number of benzene rings is 2. The van der Waals surface area contributed by atoms with Crippen molar-refractivity contribution in [3.63, 3.8) is 0 Å². The number of hydrogen-bond acceptors (Lipinski definition) is 0. The molecule has 0 saturated heterocycles. The van der Waals surface area contributed by atoms with Gasteiger partial charge in [0.1, 0.15) is 0 Å². The van der Waals surface area contributed by atoms with Crippen molar-refractivity contribution in [1.82, 2.24) is 5.32 Å². The van der Waals surface area contributed by atoms with Gasteiger partial charge >= 0.3 is 0 Å². The Morgan fingerprint density at radius 2 is 0.913 bits per heavy atom. The molecular formula is C22H30N. The van der Waals surface area contributed by atoms with Crippen molar-refractivity contribution in [2.45, 2.75) is 51.4 Å².